The van der Waals surface area contributed by atoms with E-state index in [-0.39, 0.29) is 17.4 Å². The summed E-state index contributed by atoms with van der Waals surface area (Å²) in [5.41, 5.74) is 0.994. The predicted molar refractivity (Wildman–Crippen MR) is 108 cm³/mol. The molecule has 0 aliphatic carbocycles. The molecule has 152 valence electrons. The Balaban J connectivity index is 1.87. The largest absolute Gasteiger partial charge is 0.497 e. The Kier molecular flexibility index (Phi) is 6.32. The number of benzene rings is 2. The van der Waals surface area contributed by atoms with Crippen LogP contribution in [0, 0.1) is 11.6 Å². The molecule has 0 spiro atoms. The van der Waals surface area contributed by atoms with Gasteiger partial charge >= 0.3 is 0 Å². The van der Waals surface area contributed by atoms with Crippen molar-refractivity contribution in [3.8, 4) is 17.1 Å². The number of hydrogen-bond acceptors (Lipinski definition) is 5. The van der Waals surface area contributed by atoms with Crippen LogP contribution < -0.4 is 4.74 Å². The normalized spacial score (nSPS) is 12.2. The van der Waals surface area contributed by atoms with Gasteiger partial charge in [0.1, 0.15) is 5.75 Å². The van der Waals surface area contributed by atoms with Crippen LogP contribution in [0.4, 0.5) is 8.78 Å². The summed E-state index contributed by atoms with van der Waals surface area (Å²) in [6, 6.07) is 10.7. The Morgan fingerprint density at radius 3 is 2.31 bits per heavy atom. The number of carbonyl (C=O) groups is 1. The molecule has 0 fully saturated rings. The summed E-state index contributed by atoms with van der Waals surface area (Å²) in [5.74, 6) is -0.911. The van der Waals surface area contributed by atoms with Crippen LogP contribution in [0.15, 0.2) is 47.6 Å². The van der Waals surface area contributed by atoms with Crippen LogP contribution in [0.2, 0.25) is 0 Å². The highest BCUT2D eigenvalue weighted by Gasteiger charge is 2.23. The van der Waals surface area contributed by atoms with E-state index in [2.05, 4.69) is 10.2 Å². The van der Waals surface area contributed by atoms with Crippen molar-refractivity contribution in [2.45, 2.75) is 37.2 Å². The second-order valence-electron chi connectivity index (χ2n) is 6.75. The molecule has 1 heterocycles. The van der Waals surface area contributed by atoms with Gasteiger partial charge in [0.25, 0.3) is 0 Å². The van der Waals surface area contributed by atoms with Gasteiger partial charge in [-0.15, -0.1) is 10.2 Å². The van der Waals surface area contributed by atoms with Crippen molar-refractivity contribution in [3.63, 3.8) is 0 Å². The van der Waals surface area contributed by atoms with Gasteiger partial charge in [-0.3, -0.25) is 9.36 Å². The van der Waals surface area contributed by atoms with Crippen molar-refractivity contribution in [1.82, 2.24) is 14.8 Å². The number of halogens is 2. The Labute approximate surface area is 172 Å². The monoisotopic (exact) mass is 417 g/mol. The van der Waals surface area contributed by atoms with Gasteiger partial charge in [0.05, 0.1) is 12.4 Å². The van der Waals surface area contributed by atoms with Crippen molar-refractivity contribution < 1.29 is 18.3 Å². The molecule has 0 amide bonds. The van der Waals surface area contributed by atoms with E-state index in [9.17, 15) is 13.6 Å². The standard InChI is InChI=1S/C21H21F2N3O2S/c1-12(2)26-20(14-5-8-16(28-4)9-6-14)24-25-21(26)29-13(3)19(27)15-7-10-17(22)18(23)11-15/h5-13H,1-4H3/t13-/m1/s1. The number of carbonyl (C=O) groups excluding carboxylic acids is 1. The summed E-state index contributed by atoms with van der Waals surface area (Å²) in [4.78, 5) is 12.7. The number of hydrogen-bond donors (Lipinski definition) is 0. The first-order valence-electron chi connectivity index (χ1n) is 9.07. The van der Waals surface area contributed by atoms with E-state index >= 15 is 0 Å². The van der Waals surface area contributed by atoms with Crippen LogP contribution >= 0.6 is 11.8 Å². The summed E-state index contributed by atoms with van der Waals surface area (Å²) in [6.07, 6.45) is 0. The fourth-order valence-corrected chi connectivity index (χ4v) is 3.91. The minimum Gasteiger partial charge on any atom is -0.497 e. The second-order valence-corrected chi connectivity index (χ2v) is 8.06. The molecule has 0 aliphatic rings. The summed E-state index contributed by atoms with van der Waals surface area (Å²) in [5, 5.41) is 8.59. The first-order valence-corrected chi connectivity index (χ1v) is 9.95. The molecule has 0 bridgehead atoms. The van der Waals surface area contributed by atoms with Crippen LogP contribution in [0.1, 0.15) is 37.2 Å². The van der Waals surface area contributed by atoms with Crippen molar-refractivity contribution >= 4 is 17.5 Å². The third kappa shape index (κ3) is 4.48. The minimum absolute atomic E-state index is 0.0511. The molecule has 0 N–H and O–H groups in total. The first kappa shape index (κ1) is 21.0. The zero-order chi connectivity index (χ0) is 21.1. The molecule has 0 saturated heterocycles. The van der Waals surface area contributed by atoms with Gasteiger partial charge in [-0.2, -0.15) is 0 Å². The van der Waals surface area contributed by atoms with Crippen LogP contribution in [-0.2, 0) is 0 Å². The fraction of sp³-hybridized carbons (Fsp3) is 0.286. The third-order valence-electron chi connectivity index (χ3n) is 4.38. The van der Waals surface area contributed by atoms with Gasteiger partial charge in [-0.25, -0.2) is 8.78 Å². The zero-order valence-electron chi connectivity index (χ0n) is 16.5. The summed E-state index contributed by atoms with van der Waals surface area (Å²) in [6.45, 7) is 5.71. The lowest BCUT2D eigenvalue weighted by Crippen LogP contribution is -2.16. The Hall–Kier alpha value is -2.74. The second kappa shape index (κ2) is 8.73. The highest BCUT2D eigenvalue weighted by atomic mass is 32.2. The van der Waals surface area contributed by atoms with Gasteiger partial charge < -0.3 is 4.74 Å². The van der Waals surface area contributed by atoms with Gasteiger partial charge in [-0.1, -0.05) is 11.8 Å². The third-order valence-corrected chi connectivity index (χ3v) is 5.44. The maximum absolute atomic E-state index is 13.5. The van der Waals surface area contributed by atoms with E-state index in [4.69, 9.17) is 4.74 Å². The van der Waals surface area contributed by atoms with Gasteiger partial charge in [0.15, 0.2) is 28.4 Å². The fourth-order valence-electron chi connectivity index (χ4n) is 2.86. The van der Waals surface area contributed by atoms with Crippen molar-refractivity contribution in [2.75, 3.05) is 7.11 Å². The molecule has 5 nitrogen and oxygen atoms in total. The van der Waals surface area contributed by atoms with Crippen molar-refractivity contribution in [1.29, 1.82) is 0 Å². The van der Waals surface area contributed by atoms with Gasteiger partial charge in [0.2, 0.25) is 0 Å². The first-order chi connectivity index (χ1) is 13.8. The maximum Gasteiger partial charge on any atom is 0.192 e. The van der Waals surface area contributed by atoms with Gasteiger partial charge in [0, 0.05) is 17.2 Å². The van der Waals surface area contributed by atoms with Crippen molar-refractivity contribution in [2.24, 2.45) is 0 Å². The Morgan fingerprint density at radius 2 is 1.72 bits per heavy atom. The Bertz CT molecular complexity index is 1020. The molecule has 29 heavy (non-hydrogen) atoms. The van der Waals surface area contributed by atoms with Crippen molar-refractivity contribution in [3.05, 3.63) is 59.7 Å². The number of ketones is 1. The molecular weight excluding hydrogens is 396 g/mol. The van der Waals surface area contributed by atoms with E-state index < -0.39 is 16.9 Å². The van der Waals surface area contributed by atoms with E-state index in [0.29, 0.717) is 11.0 Å². The zero-order valence-corrected chi connectivity index (χ0v) is 17.3. The van der Waals surface area contributed by atoms with Crippen LogP contribution in [0.3, 0.4) is 0 Å². The molecular formula is C21H21F2N3O2S. The molecule has 2 aromatic carbocycles. The number of ether oxygens (including phenoxy) is 1. The van der Waals surface area contributed by atoms with Crippen LogP contribution in [0.5, 0.6) is 5.75 Å². The number of methoxy groups -OCH3 is 1. The summed E-state index contributed by atoms with van der Waals surface area (Å²) < 4.78 is 33.8. The maximum atomic E-state index is 13.5. The molecule has 3 aromatic rings. The summed E-state index contributed by atoms with van der Waals surface area (Å²) >= 11 is 1.23. The lowest BCUT2D eigenvalue weighted by Gasteiger charge is -2.16. The lowest BCUT2D eigenvalue weighted by molar-refractivity contribution is 0.0993. The molecule has 0 radical (unpaired) electrons. The predicted octanol–water partition coefficient (Wildman–Crippen LogP) is 5.18. The molecule has 1 atom stereocenters. The number of nitrogens with zero attached hydrogens (tertiary/aromatic N) is 3. The molecule has 1 aromatic heterocycles. The van der Waals surface area contributed by atoms with E-state index in [1.807, 2.05) is 42.7 Å². The number of thioether (sulfide) groups is 1. The molecule has 0 aliphatic heterocycles. The number of Topliss-reactive ketones (excluding diaryl/α,β-unsaturated/α-hetero) is 1. The molecule has 8 heteroatoms. The summed E-state index contributed by atoms with van der Waals surface area (Å²) in [7, 11) is 1.60. The smallest absolute Gasteiger partial charge is 0.192 e. The highest BCUT2D eigenvalue weighted by Crippen LogP contribution is 2.31. The SMILES string of the molecule is COc1ccc(-c2nnc(S[C@H](C)C(=O)c3ccc(F)c(F)c3)n2C(C)C)cc1. The van der Waals surface area contributed by atoms with E-state index in [1.165, 1.54) is 17.8 Å². The average molecular weight is 417 g/mol. The molecule has 3 rings (SSSR count). The minimum atomic E-state index is -1.04. The average Bonchev–Trinajstić information content (AvgIpc) is 3.13. The topological polar surface area (TPSA) is 57.0 Å². The Morgan fingerprint density at radius 1 is 1.03 bits per heavy atom. The number of rotatable bonds is 7. The lowest BCUT2D eigenvalue weighted by atomic mass is 10.1. The van der Waals surface area contributed by atoms with Crippen LogP contribution in [-0.4, -0.2) is 32.9 Å². The molecule has 0 saturated carbocycles. The quantitative estimate of drug-likeness (QED) is 0.392. The highest BCUT2D eigenvalue weighted by molar-refractivity contribution is 8.00. The van der Waals surface area contributed by atoms with Crippen LogP contribution in [0.25, 0.3) is 11.4 Å². The van der Waals surface area contributed by atoms with Gasteiger partial charge in [-0.05, 0) is 63.2 Å². The van der Waals surface area contributed by atoms with E-state index in [1.54, 1.807) is 14.0 Å². The molecule has 0 unspecified atom stereocenters. The van der Waals surface area contributed by atoms with E-state index in [0.717, 1.165) is 23.4 Å². The number of aromatic nitrogens is 3.